The van der Waals surface area contributed by atoms with Crippen LogP contribution in [0.2, 0.25) is 0 Å². The first kappa shape index (κ1) is 23.4. The number of aromatic nitrogens is 1. The number of phenolic OH excluding ortho intramolecular Hbond substituents is 2. The Balaban J connectivity index is 1.54. The monoisotopic (exact) mass is 496 g/mol. The van der Waals surface area contributed by atoms with Crippen molar-refractivity contribution in [3.8, 4) is 23.3 Å². The van der Waals surface area contributed by atoms with Crippen molar-refractivity contribution in [1.29, 1.82) is 0 Å². The summed E-state index contributed by atoms with van der Waals surface area (Å²) in [6.45, 7) is 1.97. The molecule has 4 aromatic rings. The van der Waals surface area contributed by atoms with E-state index in [1.165, 1.54) is 18.3 Å². The van der Waals surface area contributed by atoms with Crippen LogP contribution < -0.4 is 4.72 Å². The Morgan fingerprint density at radius 3 is 2.56 bits per heavy atom. The maximum Gasteiger partial charge on any atom is 0.322 e. The largest absolute Gasteiger partial charge is 0.508 e. The number of carboxylic acid groups (broad SMARTS) is 1. The molecule has 8 nitrogen and oxygen atoms in total. The Labute approximate surface area is 199 Å². The first-order valence-electron chi connectivity index (χ1n) is 10.1. The van der Waals surface area contributed by atoms with Crippen molar-refractivity contribution in [3.05, 3.63) is 76.3 Å². The van der Waals surface area contributed by atoms with Crippen LogP contribution in [0.3, 0.4) is 0 Å². The molecule has 0 spiro atoms. The molecule has 1 unspecified atom stereocenters. The third-order valence-electron chi connectivity index (χ3n) is 5.09. The van der Waals surface area contributed by atoms with Gasteiger partial charge in [-0.1, -0.05) is 29.5 Å². The number of benzene rings is 2. The molecule has 0 saturated heterocycles. The molecule has 2 heterocycles. The molecule has 5 N–H and O–H groups in total. The van der Waals surface area contributed by atoms with Gasteiger partial charge in [0, 0.05) is 29.6 Å². The third-order valence-corrected chi connectivity index (χ3v) is 8.05. The van der Waals surface area contributed by atoms with Crippen molar-refractivity contribution in [2.75, 3.05) is 0 Å². The number of aromatic hydroxyl groups is 2. The lowest BCUT2D eigenvalue weighted by Gasteiger charge is -2.14. The number of sulfonamides is 1. The van der Waals surface area contributed by atoms with Gasteiger partial charge >= 0.3 is 5.97 Å². The number of phenols is 2. The Morgan fingerprint density at radius 2 is 1.85 bits per heavy atom. The van der Waals surface area contributed by atoms with Crippen molar-refractivity contribution in [1.82, 2.24) is 9.71 Å². The van der Waals surface area contributed by atoms with Gasteiger partial charge in [0.2, 0.25) is 0 Å². The normalized spacial score (nSPS) is 12.3. The highest BCUT2D eigenvalue weighted by Gasteiger charge is 2.28. The molecule has 10 heteroatoms. The molecule has 0 bridgehead atoms. The highest BCUT2D eigenvalue weighted by molar-refractivity contribution is 7.91. The zero-order valence-corrected chi connectivity index (χ0v) is 19.5. The first-order valence-corrected chi connectivity index (χ1v) is 12.4. The molecule has 1 atom stereocenters. The second kappa shape index (κ2) is 9.23. The molecule has 174 valence electrons. The van der Waals surface area contributed by atoms with Gasteiger partial charge in [-0.25, -0.2) is 8.42 Å². The number of hydrogen-bond donors (Lipinski definition) is 5. The summed E-state index contributed by atoms with van der Waals surface area (Å²) >= 11 is 0.941. The Hall–Kier alpha value is -3.78. The van der Waals surface area contributed by atoms with Crippen molar-refractivity contribution in [2.45, 2.75) is 23.6 Å². The van der Waals surface area contributed by atoms with Gasteiger partial charge in [-0.3, -0.25) is 4.79 Å². The molecule has 0 saturated carbocycles. The van der Waals surface area contributed by atoms with E-state index in [0.717, 1.165) is 28.5 Å². The Kier molecular flexibility index (Phi) is 6.34. The fraction of sp³-hybridized carbons (Fsp3) is 0.125. The molecule has 0 aliphatic rings. The Morgan fingerprint density at radius 1 is 1.12 bits per heavy atom. The van der Waals surface area contributed by atoms with Crippen LogP contribution in [0.1, 0.15) is 21.6 Å². The molecule has 0 radical (unpaired) electrons. The summed E-state index contributed by atoms with van der Waals surface area (Å²) in [6, 6.07) is 11.6. The molecule has 2 aromatic carbocycles. The summed E-state index contributed by atoms with van der Waals surface area (Å²) in [5.74, 6) is 4.14. The van der Waals surface area contributed by atoms with Crippen LogP contribution in [0, 0.1) is 18.8 Å². The second-order valence-electron chi connectivity index (χ2n) is 7.65. The summed E-state index contributed by atoms with van der Waals surface area (Å²) in [6.07, 6.45) is 1.26. The van der Waals surface area contributed by atoms with Crippen molar-refractivity contribution in [3.63, 3.8) is 0 Å². The van der Waals surface area contributed by atoms with Crippen LogP contribution in [0.4, 0.5) is 0 Å². The van der Waals surface area contributed by atoms with Crippen molar-refractivity contribution in [2.24, 2.45) is 0 Å². The van der Waals surface area contributed by atoms with E-state index in [1.807, 2.05) is 31.2 Å². The summed E-state index contributed by atoms with van der Waals surface area (Å²) in [7, 11) is -4.13. The third kappa shape index (κ3) is 5.07. The summed E-state index contributed by atoms with van der Waals surface area (Å²) in [5.41, 5.74) is 2.64. The highest BCUT2D eigenvalue weighted by Crippen LogP contribution is 2.32. The summed E-state index contributed by atoms with van der Waals surface area (Å²) in [4.78, 5) is 15.2. The maximum absolute atomic E-state index is 12.9. The van der Waals surface area contributed by atoms with Crippen molar-refractivity contribution >= 4 is 38.2 Å². The van der Waals surface area contributed by atoms with Crippen LogP contribution in [0.5, 0.6) is 11.5 Å². The summed E-state index contributed by atoms with van der Waals surface area (Å²) < 4.78 is 27.9. The van der Waals surface area contributed by atoms with E-state index in [2.05, 4.69) is 21.5 Å². The molecular weight excluding hydrogens is 476 g/mol. The second-order valence-corrected chi connectivity index (χ2v) is 10.7. The Bertz CT molecular complexity index is 1540. The molecule has 0 aliphatic carbocycles. The molecule has 34 heavy (non-hydrogen) atoms. The number of aryl methyl sites for hydroxylation is 1. The van der Waals surface area contributed by atoms with Crippen molar-refractivity contribution < 1.29 is 28.5 Å². The van der Waals surface area contributed by atoms with E-state index in [9.17, 15) is 28.5 Å². The van der Waals surface area contributed by atoms with E-state index in [0.29, 0.717) is 21.3 Å². The molecule has 0 fully saturated rings. The molecule has 0 amide bonds. The minimum absolute atomic E-state index is 0.0545. The van der Waals surface area contributed by atoms with Crippen LogP contribution in [0.25, 0.3) is 10.9 Å². The number of carboxylic acids is 1. The number of H-pyrrole nitrogens is 1. The number of rotatable bonds is 6. The topological polar surface area (TPSA) is 140 Å². The van der Waals surface area contributed by atoms with E-state index < -0.39 is 22.0 Å². The molecule has 4 rings (SSSR count). The van der Waals surface area contributed by atoms with Crippen LogP contribution in [-0.2, 0) is 21.2 Å². The molecule has 2 aromatic heterocycles. The van der Waals surface area contributed by atoms with Gasteiger partial charge < -0.3 is 20.3 Å². The van der Waals surface area contributed by atoms with E-state index in [4.69, 9.17) is 0 Å². The van der Waals surface area contributed by atoms with Gasteiger partial charge in [0.05, 0.1) is 10.4 Å². The highest BCUT2D eigenvalue weighted by atomic mass is 32.2. The number of nitrogens with one attached hydrogen (secondary N) is 2. The predicted octanol–water partition coefficient (Wildman–Crippen LogP) is 3.32. The van der Waals surface area contributed by atoms with E-state index in [1.54, 1.807) is 6.07 Å². The summed E-state index contributed by atoms with van der Waals surface area (Å²) in [5, 5.41) is 29.7. The number of thiophene rings is 1. The molecule has 0 aliphatic heterocycles. The molecular formula is C24H20N2O6S2. The minimum atomic E-state index is -4.13. The van der Waals surface area contributed by atoms with Crippen LogP contribution >= 0.6 is 11.3 Å². The first-order chi connectivity index (χ1) is 16.1. The lowest BCUT2D eigenvalue weighted by atomic mass is 10.1. The fourth-order valence-electron chi connectivity index (χ4n) is 3.37. The van der Waals surface area contributed by atoms with Crippen LogP contribution in [0.15, 0.2) is 58.9 Å². The van der Waals surface area contributed by atoms with Gasteiger partial charge in [-0.15, -0.1) is 11.3 Å². The number of hydrogen-bond acceptors (Lipinski definition) is 6. The van der Waals surface area contributed by atoms with Gasteiger partial charge in [-0.2, -0.15) is 4.72 Å². The lowest BCUT2D eigenvalue weighted by molar-refractivity contribution is -0.138. The maximum atomic E-state index is 12.9. The number of carbonyl (C=O) groups is 1. The van der Waals surface area contributed by atoms with Gasteiger partial charge in [0.25, 0.3) is 10.0 Å². The predicted molar refractivity (Wildman–Crippen MR) is 129 cm³/mol. The average Bonchev–Trinajstić information content (AvgIpc) is 3.41. The number of aromatic amines is 1. The van der Waals surface area contributed by atoms with E-state index >= 15 is 0 Å². The van der Waals surface area contributed by atoms with E-state index in [-0.39, 0.29) is 22.1 Å². The standard InChI is InChI=1S/C24H20N2O6S2/c1-14-2-4-15(5-3-14)6-7-18-8-9-22(33-18)34(31,32)26-20(24(29)30)10-16-13-25-23-19(16)11-17(27)12-21(23)28/h2-5,8-9,11-13,20,25-28H,10H2,1H3,(H,29,30). The average molecular weight is 497 g/mol. The smallest absolute Gasteiger partial charge is 0.322 e. The quantitative estimate of drug-likeness (QED) is 0.260. The lowest BCUT2D eigenvalue weighted by Crippen LogP contribution is -2.41. The van der Waals surface area contributed by atoms with Crippen LogP contribution in [-0.4, -0.2) is 40.7 Å². The SMILES string of the molecule is Cc1ccc(C#Cc2ccc(S(=O)(=O)NC(Cc3c[nH]c4c(O)cc(O)cc34)C(=O)O)s2)cc1. The number of fused-ring (bicyclic) bond motifs is 1. The zero-order chi connectivity index (χ0) is 24.5. The fourth-order valence-corrected chi connectivity index (χ4v) is 5.74. The minimum Gasteiger partial charge on any atom is -0.508 e. The number of aliphatic carboxylic acids is 1. The zero-order valence-electron chi connectivity index (χ0n) is 17.9. The van der Waals surface area contributed by atoms with Gasteiger partial charge in [0.15, 0.2) is 0 Å². The van der Waals surface area contributed by atoms with Gasteiger partial charge in [-0.05, 0) is 42.8 Å². The van der Waals surface area contributed by atoms with Gasteiger partial charge in [0.1, 0.15) is 21.8 Å².